The Labute approximate surface area is 115 Å². The predicted molar refractivity (Wildman–Crippen MR) is 69.8 cm³/mol. The molecule has 110 valence electrons. The zero-order chi connectivity index (χ0) is 15.7. The summed E-state index contributed by atoms with van der Waals surface area (Å²) in [6.45, 7) is 4.54. The molecule has 0 unspecified atom stereocenters. The molecule has 1 rings (SSSR count). The van der Waals surface area contributed by atoms with Crippen LogP contribution in [-0.2, 0) is 14.8 Å². The molecule has 0 aliphatic carbocycles. The van der Waals surface area contributed by atoms with E-state index in [-0.39, 0.29) is 11.1 Å². The van der Waals surface area contributed by atoms with E-state index in [0.717, 1.165) is 12.1 Å². The number of rotatable bonds is 4. The number of nitro groups is 1. The van der Waals surface area contributed by atoms with Crippen molar-refractivity contribution < 1.29 is 22.9 Å². The Morgan fingerprint density at radius 2 is 1.95 bits per heavy atom. The molecule has 0 bridgehead atoms. The summed E-state index contributed by atoms with van der Waals surface area (Å²) in [6, 6.07) is 1.78. The number of carbonyl (C=O) groups excluding carboxylic acids is 1. The maximum atomic E-state index is 11.8. The first-order valence-corrected chi connectivity index (χ1v) is 7.11. The Balaban J connectivity index is 3.56. The Kier molecular flexibility index (Phi) is 4.46. The topological polar surface area (TPSA) is 130 Å². The summed E-state index contributed by atoms with van der Waals surface area (Å²) in [4.78, 5) is 21.4. The number of esters is 1. The van der Waals surface area contributed by atoms with E-state index in [9.17, 15) is 23.3 Å². The molecule has 0 amide bonds. The van der Waals surface area contributed by atoms with Crippen molar-refractivity contribution >= 4 is 21.7 Å². The van der Waals surface area contributed by atoms with Gasteiger partial charge in [-0.15, -0.1) is 0 Å². The smallest absolute Gasteiger partial charge is 0.338 e. The number of ether oxygens (including phenoxy) is 1. The fourth-order valence-electron chi connectivity index (χ4n) is 1.56. The minimum atomic E-state index is -4.19. The van der Waals surface area contributed by atoms with Gasteiger partial charge in [0.2, 0.25) is 10.0 Å². The van der Waals surface area contributed by atoms with E-state index in [1.165, 1.54) is 6.92 Å². The first-order chi connectivity index (χ1) is 9.04. The van der Waals surface area contributed by atoms with Crippen molar-refractivity contribution in [3.63, 3.8) is 0 Å². The number of carbonyl (C=O) groups is 1. The van der Waals surface area contributed by atoms with Gasteiger partial charge in [-0.05, 0) is 26.3 Å². The van der Waals surface area contributed by atoms with Crippen molar-refractivity contribution in [2.45, 2.75) is 31.8 Å². The molecule has 20 heavy (non-hydrogen) atoms. The lowest BCUT2D eigenvalue weighted by atomic mass is 10.1. The van der Waals surface area contributed by atoms with Crippen LogP contribution in [0.4, 0.5) is 5.69 Å². The van der Waals surface area contributed by atoms with Crippen LogP contribution >= 0.6 is 0 Å². The molecule has 0 saturated carbocycles. The average Bonchev–Trinajstić information content (AvgIpc) is 2.25. The third-order valence-electron chi connectivity index (χ3n) is 2.42. The highest BCUT2D eigenvalue weighted by atomic mass is 32.2. The molecule has 8 nitrogen and oxygen atoms in total. The van der Waals surface area contributed by atoms with Crippen LogP contribution in [0.2, 0.25) is 0 Å². The van der Waals surface area contributed by atoms with Crippen LogP contribution in [-0.4, -0.2) is 25.4 Å². The summed E-state index contributed by atoms with van der Waals surface area (Å²) >= 11 is 0. The summed E-state index contributed by atoms with van der Waals surface area (Å²) in [5.74, 6) is -0.842. The second-order valence-electron chi connectivity index (χ2n) is 4.37. The van der Waals surface area contributed by atoms with Crippen molar-refractivity contribution in [2.24, 2.45) is 5.14 Å². The minimum absolute atomic E-state index is 0.0174. The maximum absolute atomic E-state index is 11.8. The summed E-state index contributed by atoms with van der Waals surface area (Å²) in [5.41, 5.74) is -0.726. The van der Waals surface area contributed by atoms with Gasteiger partial charge >= 0.3 is 5.97 Å². The first-order valence-electron chi connectivity index (χ1n) is 5.57. The number of nitro benzene ring substituents is 1. The van der Waals surface area contributed by atoms with Crippen molar-refractivity contribution in [2.75, 3.05) is 0 Å². The van der Waals surface area contributed by atoms with E-state index >= 15 is 0 Å². The quantitative estimate of drug-likeness (QED) is 0.504. The van der Waals surface area contributed by atoms with E-state index in [4.69, 9.17) is 9.88 Å². The molecular weight excluding hydrogens is 288 g/mol. The van der Waals surface area contributed by atoms with Gasteiger partial charge in [0, 0.05) is 12.1 Å². The number of nitrogens with zero attached hydrogens (tertiary/aromatic N) is 1. The van der Waals surface area contributed by atoms with Crippen molar-refractivity contribution in [3.8, 4) is 0 Å². The first kappa shape index (κ1) is 16.1. The molecule has 0 aliphatic rings. The molecule has 0 radical (unpaired) electrons. The van der Waals surface area contributed by atoms with Crippen molar-refractivity contribution in [3.05, 3.63) is 33.4 Å². The van der Waals surface area contributed by atoms with Crippen LogP contribution in [0.15, 0.2) is 17.0 Å². The van der Waals surface area contributed by atoms with E-state index in [1.54, 1.807) is 13.8 Å². The second kappa shape index (κ2) is 5.55. The van der Waals surface area contributed by atoms with E-state index in [2.05, 4.69) is 0 Å². The van der Waals surface area contributed by atoms with Crippen LogP contribution in [0.3, 0.4) is 0 Å². The lowest BCUT2D eigenvalue weighted by Crippen LogP contribution is -2.18. The number of nitrogens with two attached hydrogens (primary N) is 1. The lowest BCUT2D eigenvalue weighted by Gasteiger charge is -2.12. The molecule has 2 N–H and O–H groups in total. The molecule has 0 aliphatic heterocycles. The monoisotopic (exact) mass is 302 g/mol. The fraction of sp³-hybridized carbons (Fsp3) is 0.364. The largest absolute Gasteiger partial charge is 0.459 e. The molecule has 0 fully saturated rings. The normalized spacial score (nSPS) is 11.4. The van der Waals surface area contributed by atoms with Gasteiger partial charge in [-0.3, -0.25) is 10.1 Å². The fourth-order valence-corrected chi connectivity index (χ4v) is 2.39. The summed E-state index contributed by atoms with van der Waals surface area (Å²) < 4.78 is 27.8. The maximum Gasteiger partial charge on any atom is 0.338 e. The highest BCUT2D eigenvalue weighted by Crippen LogP contribution is 2.25. The highest BCUT2D eigenvalue weighted by molar-refractivity contribution is 7.89. The van der Waals surface area contributed by atoms with Gasteiger partial charge in [0.1, 0.15) is 0 Å². The van der Waals surface area contributed by atoms with Crippen molar-refractivity contribution in [1.82, 2.24) is 0 Å². The molecule has 0 saturated heterocycles. The summed E-state index contributed by atoms with van der Waals surface area (Å²) in [7, 11) is -4.19. The zero-order valence-electron chi connectivity index (χ0n) is 11.1. The van der Waals surface area contributed by atoms with E-state index in [1.807, 2.05) is 0 Å². The predicted octanol–water partition coefficient (Wildman–Crippen LogP) is 1.12. The zero-order valence-corrected chi connectivity index (χ0v) is 11.9. The number of hydrogen-bond acceptors (Lipinski definition) is 6. The molecule has 0 atom stereocenters. The lowest BCUT2D eigenvalue weighted by molar-refractivity contribution is -0.385. The molecule has 1 aromatic rings. The third-order valence-corrected chi connectivity index (χ3v) is 3.46. The second-order valence-corrected chi connectivity index (χ2v) is 5.90. The van der Waals surface area contributed by atoms with Crippen LogP contribution in [0, 0.1) is 17.0 Å². The molecule has 1 aromatic carbocycles. The number of benzene rings is 1. The van der Waals surface area contributed by atoms with Crippen molar-refractivity contribution in [1.29, 1.82) is 0 Å². The van der Waals surface area contributed by atoms with Gasteiger partial charge in [0.25, 0.3) is 5.69 Å². The van der Waals surface area contributed by atoms with Gasteiger partial charge < -0.3 is 4.74 Å². The van der Waals surface area contributed by atoms with Crippen LogP contribution < -0.4 is 5.14 Å². The number of sulfonamides is 1. The Hall–Kier alpha value is -2.00. The van der Waals surface area contributed by atoms with E-state index < -0.39 is 37.6 Å². The SMILES string of the molecule is Cc1c(C(=O)OC(C)C)cc([N+](=O)[O-])cc1S(N)(=O)=O. The molecular formula is C11H14N2O6S. The number of hydrogen-bond donors (Lipinski definition) is 1. The summed E-state index contributed by atoms with van der Waals surface area (Å²) in [6.07, 6.45) is -0.445. The van der Waals surface area contributed by atoms with Gasteiger partial charge in [-0.1, -0.05) is 0 Å². The number of primary sulfonamides is 1. The Morgan fingerprint density at radius 3 is 2.35 bits per heavy atom. The highest BCUT2D eigenvalue weighted by Gasteiger charge is 2.24. The minimum Gasteiger partial charge on any atom is -0.459 e. The van der Waals surface area contributed by atoms with Crippen LogP contribution in [0.25, 0.3) is 0 Å². The molecule has 0 spiro atoms. The van der Waals surface area contributed by atoms with E-state index in [0.29, 0.717) is 0 Å². The third kappa shape index (κ3) is 3.52. The Morgan fingerprint density at radius 1 is 1.40 bits per heavy atom. The van der Waals surface area contributed by atoms with Gasteiger partial charge in [0.05, 0.1) is 21.5 Å². The average molecular weight is 302 g/mol. The number of non-ortho nitro benzene ring substituents is 1. The molecule has 0 heterocycles. The standard InChI is InChI=1S/C11H14N2O6S/c1-6(2)19-11(14)9-4-8(13(15)16)5-10(7(9)3)20(12,17)18/h4-6H,1-3H3,(H2,12,17,18). The molecule has 9 heteroatoms. The summed E-state index contributed by atoms with van der Waals surface area (Å²) in [5, 5.41) is 15.8. The Bertz CT molecular complexity index is 666. The van der Waals surface area contributed by atoms with Gasteiger partial charge in [-0.25, -0.2) is 18.4 Å². The molecule has 0 aromatic heterocycles. The van der Waals surface area contributed by atoms with Crippen LogP contribution in [0.1, 0.15) is 29.8 Å². The van der Waals surface area contributed by atoms with Gasteiger partial charge in [-0.2, -0.15) is 0 Å². The van der Waals surface area contributed by atoms with Crippen LogP contribution in [0.5, 0.6) is 0 Å². The van der Waals surface area contributed by atoms with Gasteiger partial charge in [0.15, 0.2) is 0 Å².